The minimum absolute atomic E-state index is 0.228. The first-order valence-electron chi connectivity index (χ1n) is 8.34. The number of benzene rings is 2. The molecule has 0 saturated carbocycles. The largest absolute Gasteiger partial charge is 0.465 e. The Morgan fingerprint density at radius 2 is 1.85 bits per heavy atom. The maximum atomic E-state index is 12.4. The van der Waals surface area contributed by atoms with Gasteiger partial charge in [0.05, 0.1) is 11.6 Å². The number of hydrogen-bond donors (Lipinski definition) is 0. The highest BCUT2D eigenvalue weighted by molar-refractivity contribution is 7.79. The van der Waals surface area contributed by atoms with Crippen LogP contribution in [0.1, 0.15) is 16.8 Å². The Labute approximate surface area is 161 Å². The molecule has 0 bridgehead atoms. The fourth-order valence-corrected chi connectivity index (χ4v) is 3.00. The van der Waals surface area contributed by atoms with Gasteiger partial charge in [0.2, 0.25) is 6.29 Å². The third-order valence-corrected chi connectivity index (χ3v) is 4.31. The lowest BCUT2D eigenvalue weighted by molar-refractivity contribution is -0.169. The van der Waals surface area contributed by atoms with Crippen molar-refractivity contribution in [1.29, 1.82) is 0 Å². The van der Waals surface area contributed by atoms with Gasteiger partial charge in [0, 0.05) is 16.7 Å². The van der Waals surface area contributed by atoms with E-state index in [1.807, 2.05) is 18.2 Å². The normalized spacial score (nSPS) is 24.3. The summed E-state index contributed by atoms with van der Waals surface area (Å²) >= 11 is 5.04. The van der Waals surface area contributed by atoms with E-state index in [4.69, 9.17) is 32.0 Å². The Hall–Kier alpha value is -2.93. The number of thiocarbonyl (C=S) groups is 1. The average Bonchev–Trinajstić information content (AvgIpc) is 2.71. The number of ether oxygens (including phenoxy) is 3. The van der Waals surface area contributed by atoms with Crippen LogP contribution in [0.2, 0.25) is 0 Å². The molecule has 1 saturated heterocycles. The van der Waals surface area contributed by atoms with Crippen molar-refractivity contribution in [1.82, 2.24) is 0 Å². The zero-order valence-electron chi connectivity index (χ0n) is 14.3. The molecule has 7 nitrogen and oxygen atoms in total. The summed E-state index contributed by atoms with van der Waals surface area (Å²) in [6, 6.07) is 17.0. The molecular formula is C19H17N3O4S. The van der Waals surface area contributed by atoms with Gasteiger partial charge in [-0.1, -0.05) is 53.7 Å². The maximum Gasteiger partial charge on any atom is 0.338 e. The highest BCUT2D eigenvalue weighted by atomic mass is 32.1. The molecule has 27 heavy (non-hydrogen) atoms. The average molecular weight is 383 g/mol. The van der Waals surface area contributed by atoms with Gasteiger partial charge < -0.3 is 14.2 Å². The molecule has 1 heterocycles. The van der Waals surface area contributed by atoms with Gasteiger partial charge in [-0.05, 0) is 29.8 Å². The fourth-order valence-electron chi connectivity index (χ4n) is 2.79. The van der Waals surface area contributed by atoms with Crippen molar-refractivity contribution in [2.24, 2.45) is 5.11 Å². The van der Waals surface area contributed by atoms with Crippen LogP contribution in [0, 0.1) is 0 Å². The molecule has 0 N–H and O–H groups in total. The van der Waals surface area contributed by atoms with Crippen LogP contribution in [0.5, 0.6) is 5.75 Å². The molecule has 8 heteroatoms. The lowest BCUT2D eigenvalue weighted by Gasteiger charge is -2.37. The van der Waals surface area contributed by atoms with E-state index in [0.29, 0.717) is 11.3 Å². The molecule has 0 aromatic heterocycles. The summed E-state index contributed by atoms with van der Waals surface area (Å²) in [4.78, 5) is 15.3. The molecule has 0 unspecified atom stereocenters. The van der Waals surface area contributed by atoms with Gasteiger partial charge in [-0.3, -0.25) is 0 Å². The predicted octanol–water partition coefficient (Wildman–Crippen LogP) is 4.08. The third kappa shape index (κ3) is 4.83. The lowest BCUT2D eigenvalue weighted by atomic mass is 10.00. The second kappa shape index (κ2) is 9.14. The Morgan fingerprint density at radius 1 is 1.19 bits per heavy atom. The van der Waals surface area contributed by atoms with Gasteiger partial charge in [0.15, 0.2) is 0 Å². The van der Waals surface area contributed by atoms with E-state index in [1.165, 1.54) is 5.37 Å². The van der Waals surface area contributed by atoms with Crippen LogP contribution in [-0.4, -0.2) is 35.9 Å². The molecule has 4 atom stereocenters. The van der Waals surface area contributed by atoms with Crippen molar-refractivity contribution in [3.8, 4) is 5.75 Å². The Bertz CT molecular complexity index is 827. The van der Waals surface area contributed by atoms with E-state index < -0.39 is 30.5 Å². The molecule has 1 aliphatic heterocycles. The van der Waals surface area contributed by atoms with E-state index in [-0.39, 0.29) is 6.42 Å². The van der Waals surface area contributed by atoms with Crippen molar-refractivity contribution in [3.05, 3.63) is 76.7 Å². The number of carbonyl (C=O) groups excluding carboxylic acids is 1. The molecule has 0 amide bonds. The first kappa shape index (κ1) is 18.8. The number of azide groups is 1. The molecule has 1 aliphatic rings. The maximum absolute atomic E-state index is 12.4. The molecule has 0 radical (unpaired) electrons. The minimum atomic E-state index is -0.832. The van der Waals surface area contributed by atoms with Crippen LogP contribution in [0.15, 0.2) is 65.8 Å². The van der Waals surface area contributed by atoms with E-state index in [1.54, 1.807) is 42.5 Å². The summed E-state index contributed by atoms with van der Waals surface area (Å²) in [6.07, 6.45) is -2.03. The van der Waals surface area contributed by atoms with Crippen LogP contribution in [-0.2, 0) is 9.47 Å². The van der Waals surface area contributed by atoms with Crippen LogP contribution < -0.4 is 4.74 Å². The van der Waals surface area contributed by atoms with Gasteiger partial charge in [-0.15, -0.1) is 0 Å². The number of esters is 1. The Kier molecular flexibility index (Phi) is 6.38. The smallest absolute Gasteiger partial charge is 0.338 e. The number of para-hydroxylation sites is 1. The molecule has 2 aromatic rings. The van der Waals surface area contributed by atoms with E-state index in [0.717, 1.165) is 0 Å². The summed E-state index contributed by atoms with van der Waals surface area (Å²) < 4.78 is 17.2. The van der Waals surface area contributed by atoms with Gasteiger partial charge in [0.1, 0.15) is 18.0 Å². The minimum Gasteiger partial charge on any atom is -0.465 e. The number of rotatable bonds is 6. The third-order valence-electron chi connectivity index (χ3n) is 4.04. The lowest BCUT2D eigenvalue weighted by Crippen LogP contribution is -2.51. The monoisotopic (exact) mass is 383 g/mol. The molecule has 2 aromatic carbocycles. The van der Waals surface area contributed by atoms with Crippen LogP contribution >= 0.6 is 12.2 Å². The highest BCUT2D eigenvalue weighted by Gasteiger charge is 2.41. The quantitative estimate of drug-likeness (QED) is 0.246. The van der Waals surface area contributed by atoms with Crippen molar-refractivity contribution in [2.45, 2.75) is 31.0 Å². The Balaban J connectivity index is 1.76. The van der Waals surface area contributed by atoms with Gasteiger partial charge in [0.25, 0.3) is 0 Å². The SMILES string of the molecule is [N-]=[N+]=N[C@H]1C[C@H](Oc2ccccc2)O[C@@H](C=S)[C@H]1OC(=O)c1ccccc1. The fraction of sp³-hybridized carbons (Fsp3) is 0.263. The van der Waals surface area contributed by atoms with Crippen LogP contribution in [0.25, 0.3) is 10.4 Å². The Morgan fingerprint density at radius 3 is 2.48 bits per heavy atom. The summed E-state index contributed by atoms with van der Waals surface area (Å²) in [5.74, 6) is 0.0802. The zero-order chi connectivity index (χ0) is 19.1. The first-order chi connectivity index (χ1) is 13.2. The van der Waals surface area contributed by atoms with Crippen molar-refractivity contribution >= 4 is 23.6 Å². The number of nitrogens with zero attached hydrogens (tertiary/aromatic N) is 3. The summed E-state index contributed by atoms with van der Waals surface area (Å²) in [5.41, 5.74) is 9.31. The summed E-state index contributed by atoms with van der Waals surface area (Å²) in [6.45, 7) is 0. The van der Waals surface area contributed by atoms with Gasteiger partial charge >= 0.3 is 5.97 Å². The molecular weight excluding hydrogens is 366 g/mol. The molecule has 138 valence electrons. The zero-order valence-corrected chi connectivity index (χ0v) is 15.1. The van der Waals surface area contributed by atoms with E-state index >= 15 is 0 Å². The van der Waals surface area contributed by atoms with Crippen molar-refractivity contribution in [2.75, 3.05) is 0 Å². The van der Waals surface area contributed by atoms with Gasteiger partial charge in [-0.25, -0.2) is 4.79 Å². The van der Waals surface area contributed by atoms with Gasteiger partial charge in [-0.2, -0.15) is 0 Å². The van der Waals surface area contributed by atoms with E-state index in [9.17, 15) is 4.79 Å². The molecule has 0 spiro atoms. The predicted molar refractivity (Wildman–Crippen MR) is 103 cm³/mol. The van der Waals surface area contributed by atoms with Crippen LogP contribution in [0.3, 0.4) is 0 Å². The molecule has 0 aliphatic carbocycles. The summed E-state index contributed by atoms with van der Waals surface area (Å²) in [5, 5.41) is 5.13. The topological polar surface area (TPSA) is 93.5 Å². The second-order valence-electron chi connectivity index (χ2n) is 5.84. The molecule has 1 fully saturated rings. The summed E-state index contributed by atoms with van der Waals surface area (Å²) in [7, 11) is 0. The highest BCUT2D eigenvalue weighted by Crippen LogP contribution is 2.28. The number of carbonyl (C=O) groups is 1. The standard InChI is InChI=1S/C19H17N3O4S/c20-22-21-15-11-17(24-14-9-5-2-6-10-14)25-16(12-27)18(15)26-19(23)13-7-3-1-4-8-13/h1-10,12,15-18H,11H2/t15-,16-,17+,18-/m0/s1. The second-order valence-corrected chi connectivity index (χ2v) is 6.11. The first-order valence-corrected chi connectivity index (χ1v) is 8.81. The molecule has 3 rings (SSSR count). The van der Waals surface area contributed by atoms with E-state index in [2.05, 4.69) is 10.0 Å². The number of hydrogen-bond acceptors (Lipinski definition) is 6. The van der Waals surface area contributed by atoms with Crippen LogP contribution in [0.4, 0.5) is 0 Å². The van der Waals surface area contributed by atoms with Crippen molar-refractivity contribution < 1.29 is 19.0 Å². The van der Waals surface area contributed by atoms with Crippen molar-refractivity contribution in [3.63, 3.8) is 0 Å².